The summed E-state index contributed by atoms with van der Waals surface area (Å²) in [6.45, 7) is 2.78. The standard InChI is InChI=1S/C21H23N3O3S/c1-16-22-21(15-27-16)17-9-11-20(12-10-17)28(25,26)24-13-5-8-19(14-24)23-18-6-3-2-4-7-18/h2-4,6-7,9-12,15,19,23H,5,8,13-14H2,1H3/t19-/m0/s1. The molecule has 3 aromatic rings. The molecular formula is C21H23N3O3S. The molecule has 1 aliphatic heterocycles. The summed E-state index contributed by atoms with van der Waals surface area (Å²) in [7, 11) is -3.53. The molecule has 0 amide bonds. The first-order valence-electron chi connectivity index (χ1n) is 9.37. The Hall–Kier alpha value is -2.64. The Balaban J connectivity index is 1.49. The first kappa shape index (κ1) is 18.7. The summed E-state index contributed by atoms with van der Waals surface area (Å²) in [5, 5.41) is 3.44. The summed E-state index contributed by atoms with van der Waals surface area (Å²) in [5.41, 5.74) is 2.55. The molecule has 0 radical (unpaired) electrons. The van der Waals surface area contributed by atoms with Crippen molar-refractivity contribution in [2.75, 3.05) is 18.4 Å². The number of hydrogen-bond donors (Lipinski definition) is 1. The van der Waals surface area contributed by atoms with E-state index in [1.165, 1.54) is 0 Å². The predicted molar refractivity (Wildman–Crippen MR) is 109 cm³/mol. The van der Waals surface area contributed by atoms with Crippen molar-refractivity contribution in [3.63, 3.8) is 0 Å². The van der Waals surface area contributed by atoms with E-state index in [4.69, 9.17) is 4.42 Å². The number of nitrogens with zero attached hydrogens (tertiary/aromatic N) is 2. The highest BCUT2D eigenvalue weighted by Crippen LogP contribution is 2.25. The molecule has 146 valence electrons. The maximum Gasteiger partial charge on any atom is 0.243 e. The van der Waals surface area contributed by atoms with Crippen LogP contribution in [-0.2, 0) is 10.0 Å². The van der Waals surface area contributed by atoms with E-state index in [9.17, 15) is 8.42 Å². The number of anilines is 1. The molecule has 0 spiro atoms. The number of benzene rings is 2. The third-order valence-electron chi connectivity index (χ3n) is 4.94. The Morgan fingerprint density at radius 3 is 2.54 bits per heavy atom. The quantitative estimate of drug-likeness (QED) is 0.706. The normalized spacial score (nSPS) is 18.1. The van der Waals surface area contributed by atoms with Gasteiger partial charge in [-0.05, 0) is 37.1 Å². The molecule has 0 unspecified atom stereocenters. The molecule has 1 aromatic heterocycles. The molecule has 4 rings (SSSR count). The van der Waals surface area contributed by atoms with Crippen LogP contribution in [0.2, 0.25) is 0 Å². The number of nitrogens with one attached hydrogen (secondary N) is 1. The van der Waals surface area contributed by atoms with Gasteiger partial charge in [0.1, 0.15) is 12.0 Å². The number of sulfonamides is 1. The lowest BCUT2D eigenvalue weighted by atomic mass is 10.1. The van der Waals surface area contributed by atoms with E-state index in [1.807, 2.05) is 30.3 Å². The maximum atomic E-state index is 13.1. The Morgan fingerprint density at radius 1 is 1.11 bits per heavy atom. The van der Waals surface area contributed by atoms with Crippen LogP contribution in [0.15, 0.2) is 70.2 Å². The lowest BCUT2D eigenvalue weighted by molar-refractivity contribution is 0.327. The van der Waals surface area contributed by atoms with Crippen molar-refractivity contribution in [2.24, 2.45) is 0 Å². The van der Waals surface area contributed by atoms with Crippen LogP contribution in [0.4, 0.5) is 5.69 Å². The minimum atomic E-state index is -3.53. The van der Waals surface area contributed by atoms with E-state index in [0.29, 0.717) is 29.6 Å². The van der Waals surface area contributed by atoms with Gasteiger partial charge in [0.2, 0.25) is 10.0 Å². The molecule has 2 heterocycles. The van der Waals surface area contributed by atoms with Crippen molar-refractivity contribution in [1.82, 2.24) is 9.29 Å². The number of hydrogen-bond acceptors (Lipinski definition) is 5. The molecule has 2 aromatic carbocycles. The third kappa shape index (κ3) is 3.95. The van der Waals surface area contributed by atoms with Crippen LogP contribution in [0.3, 0.4) is 0 Å². The number of para-hydroxylation sites is 1. The fourth-order valence-corrected chi connectivity index (χ4v) is 5.02. The predicted octanol–water partition coefficient (Wildman–Crippen LogP) is 3.92. The zero-order valence-corrected chi connectivity index (χ0v) is 16.5. The molecule has 1 aliphatic rings. The molecule has 6 nitrogen and oxygen atoms in total. The summed E-state index contributed by atoms with van der Waals surface area (Å²) in [6.07, 6.45) is 3.36. The van der Waals surface area contributed by atoms with Gasteiger partial charge in [-0.3, -0.25) is 0 Å². The van der Waals surface area contributed by atoms with Gasteiger partial charge in [-0.2, -0.15) is 4.31 Å². The SMILES string of the molecule is Cc1nc(-c2ccc(S(=O)(=O)N3CCC[C@H](Nc4ccccc4)C3)cc2)co1. The summed E-state index contributed by atoms with van der Waals surface area (Å²) in [6, 6.07) is 16.8. The monoisotopic (exact) mass is 397 g/mol. The molecule has 1 saturated heterocycles. The van der Waals surface area contributed by atoms with Crippen LogP contribution in [0.5, 0.6) is 0 Å². The second kappa shape index (κ2) is 7.77. The van der Waals surface area contributed by atoms with Crippen molar-refractivity contribution in [1.29, 1.82) is 0 Å². The number of rotatable bonds is 5. The van der Waals surface area contributed by atoms with E-state index in [0.717, 1.165) is 24.1 Å². The Labute approximate surface area is 165 Å². The zero-order valence-electron chi connectivity index (χ0n) is 15.7. The smallest absolute Gasteiger partial charge is 0.243 e. The summed E-state index contributed by atoms with van der Waals surface area (Å²) in [5.74, 6) is 0.581. The molecule has 0 bridgehead atoms. The zero-order chi connectivity index (χ0) is 19.6. The Morgan fingerprint density at radius 2 is 1.86 bits per heavy atom. The Kier molecular flexibility index (Phi) is 5.19. The van der Waals surface area contributed by atoms with Crippen LogP contribution >= 0.6 is 0 Å². The van der Waals surface area contributed by atoms with Gasteiger partial charge < -0.3 is 9.73 Å². The van der Waals surface area contributed by atoms with Gasteiger partial charge in [-0.25, -0.2) is 13.4 Å². The van der Waals surface area contributed by atoms with E-state index >= 15 is 0 Å². The number of aromatic nitrogens is 1. The first-order chi connectivity index (χ1) is 13.5. The second-order valence-electron chi connectivity index (χ2n) is 6.99. The molecule has 0 saturated carbocycles. The highest BCUT2D eigenvalue weighted by molar-refractivity contribution is 7.89. The number of piperidine rings is 1. The van der Waals surface area contributed by atoms with Gasteiger partial charge in [0.05, 0.1) is 4.90 Å². The first-order valence-corrected chi connectivity index (χ1v) is 10.8. The van der Waals surface area contributed by atoms with Crippen molar-refractivity contribution in [3.05, 3.63) is 66.8 Å². The average Bonchev–Trinajstić information content (AvgIpc) is 3.15. The van der Waals surface area contributed by atoms with Crippen molar-refractivity contribution in [2.45, 2.75) is 30.7 Å². The summed E-state index contributed by atoms with van der Waals surface area (Å²) < 4.78 is 33.0. The third-order valence-corrected chi connectivity index (χ3v) is 6.81. The van der Waals surface area contributed by atoms with Crippen molar-refractivity contribution >= 4 is 15.7 Å². The second-order valence-corrected chi connectivity index (χ2v) is 8.93. The average molecular weight is 398 g/mol. The maximum absolute atomic E-state index is 13.1. The lowest BCUT2D eigenvalue weighted by Crippen LogP contribution is -2.45. The van der Waals surface area contributed by atoms with Crippen LogP contribution in [0.25, 0.3) is 11.3 Å². The van der Waals surface area contributed by atoms with Gasteiger partial charge in [-0.15, -0.1) is 0 Å². The van der Waals surface area contributed by atoms with Crippen molar-refractivity contribution < 1.29 is 12.8 Å². The van der Waals surface area contributed by atoms with E-state index in [2.05, 4.69) is 10.3 Å². The van der Waals surface area contributed by atoms with E-state index in [-0.39, 0.29) is 6.04 Å². The van der Waals surface area contributed by atoms with Crippen LogP contribution in [0.1, 0.15) is 18.7 Å². The van der Waals surface area contributed by atoms with Gasteiger partial charge in [0.25, 0.3) is 0 Å². The summed E-state index contributed by atoms with van der Waals surface area (Å²) in [4.78, 5) is 4.58. The molecule has 7 heteroatoms. The highest BCUT2D eigenvalue weighted by atomic mass is 32.2. The van der Waals surface area contributed by atoms with E-state index in [1.54, 1.807) is 41.8 Å². The topological polar surface area (TPSA) is 75.4 Å². The van der Waals surface area contributed by atoms with Crippen molar-refractivity contribution in [3.8, 4) is 11.3 Å². The lowest BCUT2D eigenvalue weighted by Gasteiger charge is -2.33. The van der Waals surface area contributed by atoms with Gasteiger partial charge in [-0.1, -0.05) is 30.3 Å². The largest absolute Gasteiger partial charge is 0.449 e. The van der Waals surface area contributed by atoms with Gasteiger partial charge in [0, 0.05) is 37.3 Å². The highest BCUT2D eigenvalue weighted by Gasteiger charge is 2.30. The molecule has 0 aliphatic carbocycles. The van der Waals surface area contributed by atoms with Crippen LogP contribution in [0, 0.1) is 6.92 Å². The number of aryl methyl sites for hydroxylation is 1. The molecule has 1 N–H and O–H groups in total. The number of oxazole rings is 1. The van der Waals surface area contributed by atoms with Crippen LogP contribution in [-0.4, -0.2) is 36.8 Å². The summed E-state index contributed by atoms with van der Waals surface area (Å²) >= 11 is 0. The molecule has 1 fully saturated rings. The molecule has 1 atom stereocenters. The van der Waals surface area contributed by atoms with Crippen LogP contribution < -0.4 is 5.32 Å². The minimum absolute atomic E-state index is 0.100. The fourth-order valence-electron chi connectivity index (χ4n) is 3.49. The fraction of sp³-hybridized carbons (Fsp3) is 0.286. The molecule has 28 heavy (non-hydrogen) atoms. The van der Waals surface area contributed by atoms with Gasteiger partial charge >= 0.3 is 0 Å². The minimum Gasteiger partial charge on any atom is -0.449 e. The molecular weight excluding hydrogens is 374 g/mol. The van der Waals surface area contributed by atoms with Gasteiger partial charge in [0.15, 0.2) is 5.89 Å². The van der Waals surface area contributed by atoms with E-state index < -0.39 is 10.0 Å². The Bertz CT molecular complexity index is 1030.